The number of carbonyl (C=O) groups excluding carboxylic acids is 2. The highest BCUT2D eigenvalue weighted by Crippen LogP contribution is 2.62. The molecule has 0 spiro atoms. The maximum absolute atomic E-state index is 13.6. The number of ether oxygens (including phenoxy) is 1. The van der Waals surface area contributed by atoms with E-state index in [1.165, 1.54) is 12.1 Å². The highest BCUT2D eigenvalue weighted by molar-refractivity contribution is 8.15. The van der Waals surface area contributed by atoms with Gasteiger partial charge in [-0.1, -0.05) is 11.9 Å². The van der Waals surface area contributed by atoms with Crippen molar-refractivity contribution < 1.29 is 23.6 Å². The van der Waals surface area contributed by atoms with E-state index in [4.69, 9.17) is 10.3 Å². The number of benzene rings is 1. The Bertz CT molecular complexity index is 1140. The fraction of sp³-hybridized carbons (Fsp3) is 0.500. The third-order valence-corrected chi connectivity index (χ3v) is 7.38. The van der Waals surface area contributed by atoms with E-state index in [9.17, 15) is 20.0 Å². The molecule has 0 aliphatic carbocycles. The standard InChI is InChI=1S/C18H16BN4O5S2/c1-17-10(24)6-18(28-17,4-5-27-29-19)12-11(17)15(25)23(16(12)26)9-3-2-8(7-20)13-14(9)22-30-21-13/h2-3,10-12,19,24H,4-6H2,1H3/t10-,11-,12+,17?,18?/m0/s1/i19T. The van der Waals surface area contributed by atoms with Gasteiger partial charge in [-0.3, -0.25) is 9.59 Å². The highest BCUT2D eigenvalue weighted by atomic mass is 32.2. The van der Waals surface area contributed by atoms with Crippen LogP contribution in [0.25, 0.3) is 11.0 Å². The van der Waals surface area contributed by atoms with Crippen LogP contribution in [0, 0.1) is 23.2 Å². The summed E-state index contributed by atoms with van der Waals surface area (Å²) in [4.78, 5) is 28.2. The Morgan fingerprint density at radius 3 is 3.00 bits per heavy atom. The second-order valence-corrected chi connectivity index (χ2v) is 8.87. The average Bonchev–Trinajstić information content (AvgIpc) is 3.45. The molecule has 1 radical (unpaired) electrons. The van der Waals surface area contributed by atoms with Crippen molar-refractivity contribution in [2.45, 2.75) is 37.1 Å². The molecular formula is C18H16BN4O5S2. The van der Waals surface area contributed by atoms with E-state index in [0.29, 0.717) is 23.0 Å². The van der Waals surface area contributed by atoms with E-state index in [2.05, 4.69) is 8.75 Å². The smallest absolute Gasteiger partial charge is 0.240 e. The van der Waals surface area contributed by atoms with Crippen LogP contribution >= 0.6 is 23.6 Å². The fourth-order valence-electron chi connectivity index (χ4n) is 5.25. The average molecular weight is 445 g/mol. The number of amides is 2. The van der Waals surface area contributed by atoms with Crippen LogP contribution in [-0.2, 0) is 18.5 Å². The van der Waals surface area contributed by atoms with Gasteiger partial charge in [0.1, 0.15) is 22.7 Å². The summed E-state index contributed by atoms with van der Waals surface area (Å²) in [7, 11) is 1.05. The molecule has 4 heterocycles. The van der Waals surface area contributed by atoms with Crippen LogP contribution in [0.3, 0.4) is 0 Å². The van der Waals surface area contributed by atoms with Crippen LogP contribution in [0.1, 0.15) is 25.3 Å². The summed E-state index contributed by atoms with van der Waals surface area (Å²) >= 11 is 1.77. The van der Waals surface area contributed by atoms with Crippen LogP contribution in [-0.4, -0.2) is 58.0 Å². The number of nitriles is 1. The minimum absolute atomic E-state index is 0.199. The molecule has 3 aliphatic heterocycles. The molecule has 3 fully saturated rings. The van der Waals surface area contributed by atoms with E-state index < -0.39 is 41.0 Å². The van der Waals surface area contributed by atoms with Gasteiger partial charge < -0.3 is 14.0 Å². The molecule has 3 aliphatic rings. The molecule has 1 aromatic carbocycles. The van der Waals surface area contributed by atoms with Crippen molar-refractivity contribution in [2.24, 2.45) is 11.8 Å². The zero-order chi connectivity index (χ0) is 22.0. The number of fused-ring (bicyclic) bond motifs is 6. The minimum Gasteiger partial charge on any atom is -0.390 e. The number of anilines is 1. The van der Waals surface area contributed by atoms with E-state index in [-0.39, 0.29) is 18.7 Å². The molecule has 2 aromatic rings. The Balaban J connectivity index is 1.56. The molecule has 30 heavy (non-hydrogen) atoms. The van der Waals surface area contributed by atoms with Crippen molar-refractivity contribution in [2.75, 3.05) is 11.5 Å². The normalized spacial score (nSPS) is 35.0. The molecule has 9 nitrogen and oxygen atoms in total. The molecule has 2 unspecified atom stereocenters. The van der Waals surface area contributed by atoms with E-state index in [1.54, 1.807) is 6.92 Å². The Morgan fingerprint density at radius 2 is 2.23 bits per heavy atom. The topological polar surface area (TPSA) is 126 Å². The summed E-state index contributed by atoms with van der Waals surface area (Å²) in [6.07, 6.45) is -0.380. The van der Waals surface area contributed by atoms with Gasteiger partial charge in [0.05, 0.1) is 53.1 Å². The van der Waals surface area contributed by atoms with Crippen molar-refractivity contribution in [3.63, 3.8) is 0 Å². The maximum atomic E-state index is 13.6. The number of rotatable bonds is 6. The van der Waals surface area contributed by atoms with Crippen molar-refractivity contribution in [3.8, 4) is 6.07 Å². The summed E-state index contributed by atoms with van der Waals surface area (Å²) in [6.45, 7) is 1.87. The molecule has 3 saturated heterocycles. The van der Waals surface area contributed by atoms with Crippen molar-refractivity contribution in [3.05, 3.63) is 17.7 Å². The van der Waals surface area contributed by atoms with E-state index in [1.807, 2.05) is 6.07 Å². The lowest BCUT2D eigenvalue weighted by molar-refractivity contribution is -0.133. The Hall–Kier alpha value is -2.04. The second-order valence-electron chi connectivity index (χ2n) is 7.91. The van der Waals surface area contributed by atoms with Crippen LogP contribution < -0.4 is 4.90 Å². The minimum atomic E-state index is -1.19. The van der Waals surface area contributed by atoms with Gasteiger partial charge in [-0.15, -0.1) is 0 Å². The summed E-state index contributed by atoms with van der Waals surface area (Å²) in [5.41, 5.74) is -0.948. The van der Waals surface area contributed by atoms with Gasteiger partial charge in [-0.05, 0) is 20.4 Å². The monoisotopic (exact) mass is 445 g/mol. The van der Waals surface area contributed by atoms with Gasteiger partial charge in [-0.2, -0.15) is 14.0 Å². The number of carbonyl (C=O) groups is 2. The molecule has 1 N–H and O–H groups in total. The number of aliphatic hydroxyl groups is 1. The zero-order valence-corrected chi connectivity index (χ0v) is 17.4. The van der Waals surface area contributed by atoms with Gasteiger partial charge in [0.2, 0.25) is 18.9 Å². The number of aliphatic hydroxyl groups excluding tert-OH is 1. The number of hydrogen-bond donors (Lipinski definition) is 1. The first-order chi connectivity index (χ1) is 14.9. The van der Waals surface area contributed by atoms with Crippen LogP contribution in [0.5, 0.6) is 0 Å². The first-order valence-electron chi connectivity index (χ1n) is 9.85. The number of aromatic nitrogens is 2. The molecule has 5 atom stereocenters. The third-order valence-electron chi connectivity index (χ3n) is 6.55. The Labute approximate surface area is 182 Å². The van der Waals surface area contributed by atoms with Crippen molar-refractivity contribution in [1.82, 2.24) is 8.75 Å². The highest BCUT2D eigenvalue weighted by Gasteiger charge is 2.77. The van der Waals surface area contributed by atoms with Crippen LogP contribution in [0.2, 0.25) is 0 Å². The fourth-order valence-corrected chi connectivity index (χ4v) is 6.00. The van der Waals surface area contributed by atoms with Crippen molar-refractivity contribution in [1.29, 1.82) is 6.60 Å². The molecule has 2 amide bonds. The van der Waals surface area contributed by atoms with Crippen LogP contribution in [0.4, 0.5) is 5.69 Å². The summed E-state index contributed by atoms with van der Waals surface area (Å²) in [5.74, 6) is -2.47. The quantitative estimate of drug-likeness (QED) is 0.298. The van der Waals surface area contributed by atoms with Crippen LogP contribution in [0.15, 0.2) is 12.1 Å². The molecule has 12 heteroatoms. The molecule has 2 bridgehead atoms. The van der Waals surface area contributed by atoms with Gasteiger partial charge >= 0.3 is 0 Å². The lowest BCUT2D eigenvalue weighted by Crippen LogP contribution is -2.49. The summed E-state index contributed by atoms with van der Waals surface area (Å²) in [5, 5.41) is 20.0. The van der Waals surface area contributed by atoms with E-state index in [0.717, 1.165) is 35.6 Å². The first-order valence-corrected chi connectivity index (χ1v) is 10.8. The zero-order valence-electron chi connectivity index (χ0n) is 16.8. The first kappa shape index (κ1) is 18.7. The van der Waals surface area contributed by atoms with Gasteiger partial charge in [0.25, 0.3) is 0 Å². The Kier molecular flexibility index (Phi) is 4.20. The predicted molar refractivity (Wildman–Crippen MR) is 110 cm³/mol. The molecule has 153 valence electrons. The number of imide groups is 1. The lowest BCUT2D eigenvalue weighted by Gasteiger charge is -2.33. The largest absolute Gasteiger partial charge is 0.390 e. The molecule has 5 rings (SSSR count). The lowest BCUT2D eigenvalue weighted by atomic mass is 9.66. The van der Waals surface area contributed by atoms with Gasteiger partial charge in [0, 0.05) is 12.8 Å². The molecule has 0 saturated carbocycles. The third kappa shape index (κ3) is 2.41. The predicted octanol–water partition coefficient (Wildman–Crippen LogP) is 0.832. The summed E-state index contributed by atoms with van der Waals surface area (Å²) in [6, 6.07) is 5.10. The van der Waals surface area contributed by atoms with Gasteiger partial charge in [-0.25, -0.2) is 4.90 Å². The number of hydrogen-bond acceptors (Lipinski definition) is 10. The molecular weight excluding hydrogens is 427 g/mol. The second kappa shape index (κ2) is 6.73. The summed E-state index contributed by atoms with van der Waals surface area (Å²) < 4.78 is 26.9. The van der Waals surface area contributed by atoms with E-state index >= 15 is 0 Å². The molecule has 1 aromatic heterocycles. The van der Waals surface area contributed by atoms with Crippen molar-refractivity contribution >= 4 is 59.2 Å². The van der Waals surface area contributed by atoms with Gasteiger partial charge in [0.15, 0.2) is 0 Å². The Morgan fingerprint density at radius 1 is 1.47 bits per heavy atom. The SMILES string of the molecule is [3H][B]SOCCC12C[C@H](O)C(C)(O1)[C@@H]1C(=O)N(c3ccc(C#N)c4nsnc34)C(=O)[C@@H]12. The maximum Gasteiger partial charge on any atom is 0.240 e. The number of nitrogens with zero attached hydrogens (tertiary/aromatic N) is 4.